The molecule has 27 heavy (non-hydrogen) atoms. The van der Waals surface area contributed by atoms with Gasteiger partial charge >= 0.3 is 0 Å². The van der Waals surface area contributed by atoms with E-state index >= 15 is 0 Å². The first kappa shape index (κ1) is 22.2. The number of carbonyl (C=O) groups excluding carboxylic acids is 2. The molecular weight excluding hydrogens is 348 g/mol. The molecule has 1 aliphatic rings. The normalized spacial score (nSPS) is 16.7. The molecule has 1 unspecified atom stereocenters. The Morgan fingerprint density at radius 3 is 2.44 bits per heavy atom. The smallest absolute Gasteiger partial charge is 0.215 e. The second-order valence-corrected chi connectivity index (χ2v) is 6.67. The molecule has 8 heteroatoms. The van der Waals surface area contributed by atoms with Gasteiger partial charge in [-0.1, -0.05) is 6.92 Å². The van der Waals surface area contributed by atoms with Gasteiger partial charge in [0, 0.05) is 6.04 Å². The Morgan fingerprint density at radius 1 is 1.37 bits per heavy atom. The number of aliphatic hydroxyl groups is 1. The molecule has 1 aliphatic carbocycles. The zero-order chi connectivity index (χ0) is 20.7. The topological polar surface area (TPSA) is 126 Å². The number of hydrogen-bond donors (Lipinski definition) is 4. The van der Waals surface area contributed by atoms with E-state index in [2.05, 4.69) is 10.6 Å². The Morgan fingerprint density at radius 2 is 1.96 bits per heavy atom. The van der Waals surface area contributed by atoms with Crippen molar-refractivity contribution < 1.29 is 19.8 Å². The number of aldehydes is 1. The minimum Gasteiger partial charge on any atom is -0.505 e. The fraction of sp³-hybridized carbons (Fsp3) is 0.421. The number of aromatic hydroxyl groups is 1. The number of carbonyl (C=O) groups is 2. The van der Waals surface area contributed by atoms with Gasteiger partial charge in [-0.05, 0) is 46.6 Å². The molecule has 0 spiro atoms. The van der Waals surface area contributed by atoms with E-state index in [1.165, 1.54) is 12.1 Å². The number of nitrogens with one attached hydrogen (secondary N) is 2. The van der Waals surface area contributed by atoms with Gasteiger partial charge in [-0.25, -0.2) is 0 Å². The van der Waals surface area contributed by atoms with Gasteiger partial charge in [-0.2, -0.15) is 5.26 Å². The number of nitrogens with zero attached hydrogens (tertiary/aromatic N) is 2. The molecule has 0 saturated heterocycles. The lowest BCUT2D eigenvalue weighted by Gasteiger charge is -2.31. The highest BCUT2D eigenvalue weighted by Gasteiger charge is 2.39. The van der Waals surface area contributed by atoms with Crippen LogP contribution in [0.5, 0.6) is 5.75 Å². The summed E-state index contributed by atoms with van der Waals surface area (Å²) in [5.74, 6) is -0.881. The number of phenols is 1. The van der Waals surface area contributed by atoms with Crippen LogP contribution in [0, 0.1) is 11.3 Å². The Balaban J connectivity index is 0.000000828. The van der Waals surface area contributed by atoms with Crippen molar-refractivity contribution in [2.24, 2.45) is 0 Å². The predicted octanol–water partition coefficient (Wildman–Crippen LogP) is 1.21. The molecular formula is C19H26N4O4. The number of benzene rings is 1. The minimum atomic E-state index is -1.24. The molecule has 2 rings (SSSR count). The van der Waals surface area contributed by atoms with Crippen molar-refractivity contribution in [1.82, 2.24) is 10.2 Å². The third-order valence-corrected chi connectivity index (χ3v) is 3.71. The van der Waals surface area contributed by atoms with Gasteiger partial charge < -0.3 is 25.7 Å². The van der Waals surface area contributed by atoms with E-state index in [4.69, 9.17) is 5.26 Å². The fourth-order valence-electron chi connectivity index (χ4n) is 2.15. The van der Waals surface area contributed by atoms with Crippen LogP contribution in [0.3, 0.4) is 0 Å². The summed E-state index contributed by atoms with van der Waals surface area (Å²) in [6, 6.07) is 4.50. The van der Waals surface area contributed by atoms with Crippen LogP contribution in [-0.4, -0.2) is 60.5 Å². The molecule has 1 aromatic rings. The lowest BCUT2D eigenvalue weighted by atomic mass is 9.93. The quantitative estimate of drug-likeness (QED) is 0.432. The van der Waals surface area contributed by atoms with E-state index in [9.17, 15) is 19.8 Å². The van der Waals surface area contributed by atoms with E-state index in [0.29, 0.717) is 12.0 Å². The first-order chi connectivity index (χ1) is 12.7. The number of nitriles is 1. The molecule has 0 amide bonds. The lowest BCUT2D eigenvalue weighted by molar-refractivity contribution is -0.124. The highest BCUT2D eigenvalue weighted by atomic mass is 16.3. The maximum absolute atomic E-state index is 11.8. The van der Waals surface area contributed by atoms with Crippen molar-refractivity contribution in [3.8, 4) is 11.8 Å². The van der Waals surface area contributed by atoms with Crippen molar-refractivity contribution >= 4 is 17.8 Å². The molecule has 0 fully saturated rings. The van der Waals surface area contributed by atoms with E-state index < -0.39 is 11.9 Å². The Labute approximate surface area is 159 Å². The molecule has 1 aromatic carbocycles. The first-order valence-corrected chi connectivity index (χ1v) is 8.49. The molecule has 0 saturated carbocycles. The third-order valence-electron chi connectivity index (χ3n) is 3.71. The summed E-state index contributed by atoms with van der Waals surface area (Å²) in [6.45, 7) is 3.86. The maximum Gasteiger partial charge on any atom is 0.215 e. The highest BCUT2D eigenvalue weighted by molar-refractivity contribution is 6.10. The second-order valence-electron chi connectivity index (χ2n) is 6.67. The average Bonchev–Trinajstić information content (AvgIpc) is 2.64. The standard InChI is InChI=1S/C16H17N3O4.C3H9N/c1-3-8(2)18-12-13(16(23)15(12)22)19-11-5-9(6-17)4-10(7-20)14(11)21;1-4(2)3/h4-5,7-8,15,18-19,21-22H,3H2,1-2H3;1-3H3/t8-,15?;/m1./s1. The zero-order valence-corrected chi connectivity index (χ0v) is 16.2. The van der Waals surface area contributed by atoms with Crippen molar-refractivity contribution in [3.63, 3.8) is 0 Å². The number of aliphatic hydroxyl groups excluding tert-OH is 1. The van der Waals surface area contributed by atoms with Gasteiger partial charge in [0.1, 0.15) is 11.4 Å². The van der Waals surface area contributed by atoms with E-state index in [1.54, 1.807) is 0 Å². The van der Waals surface area contributed by atoms with Crippen molar-refractivity contribution in [1.29, 1.82) is 5.26 Å². The number of Topliss-reactive ketones (excluding diaryl/α,β-unsaturated/α-hetero) is 1. The first-order valence-electron chi connectivity index (χ1n) is 8.49. The second kappa shape index (κ2) is 9.71. The summed E-state index contributed by atoms with van der Waals surface area (Å²) in [4.78, 5) is 24.8. The Kier molecular flexibility index (Phi) is 7.97. The summed E-state index contributed by atoms with van der Waals surface area (Å²) >= 11 is 0. The van der Waals surface area contributed by atoms with E-state index in [0.717, 1.165) is 6.42 Å². The molecule has 0 radical (unpaired) electrons. The minimum absolute atomic E-state index is 0.0501. The zero-order valence-electron chi connectivity index (χ0n) is 16.2. The molecule has 4 N–H and O–H groups in total. The Hall–Kier alpha value is -2.89. The molecule has 0 heterocycles. The Bertz CT molecular complexity index is 778. The van der Waals surface area contributed by atoms with Crippen LogP contribution in [-0.2, 0) is 4.79 Å². The SMILES string of the molecule is CC[C@@H](C)NC1=C(Nc2cc(C#N)cc(C=O)c2O)C(=O)C1O.CN(C)C. The van der Waals surface area contributed by atoms with Crippen molar-refractivity contribution in [2.75, 3.05) is 26.5 Å². The maximum atomic E-state index is 11.8. The molecule has 2 atom stereocenters. The fourth-order valence-corrected chi connectivity index (χ4v) is 2.15. The van der Waals surface area contributed by atoms with Gasteiger partial charge in [0.2, 0.25) is 5.78 Å². The third kappa shape index (κ3) is 5.54. The van der Waals surface area contributed by atoms with Crippen LogP contribution in [0.1, 0.15) is 36.2 Å². The van der Waals surface area contributed by atoms with E-state index in [1.807, 2.05) is 46.0 Å². The monoisotopic (exact) mass is 374 g/mol. The lowest BCUT2D eigenvalue weighted by Crippen LogP contribution is -2.47. The van der Waals surface area contributed by atoms with Crippen molar-refractivity contribution in [2.45, 2.75) is 32.4 Å². The molecule has 8 nitrogen and oxygen atoms in total. The van der Waals surface area contributed by atoms with Crippen LogP contribution >= 0.6 is 0 Å². The van der Waals surface area contributed by atoms with Gasteiger partial charge in [-0.3, -0.25) is 9.59 Å². The summed E-state index contributed by atoms with van der Waals surface area (Å²) in [6.07, 6.45) is -0.0217. The van der Waals surface area contributed by atoms with Crippen LogP contribution < -0.4 is 10.6 Å². The van der Waals surface area contributed by atoms with E-state index in [-0.39, 0.29) is 34.3 Å². The van der Waals surface area contributed by atoms with Gasteiger partial charge in [0.25, 0.3) is 0 Å². The van der Waals surface area contributed by atoms with Crippen molar-refractivity contribution in [3.05, 3.63) is 34.7 Å². The summed E-state index contributed by atoms with van der Waals surface area (Å²) in [5.41, 5.74) is 0.608. The summed E-state index contributed by atoms with van der Waals surface area (Å²) in [7, 11) is 6.00. The van der Waals surface area contributed by atoms with Gasteiger partial charge in [0.05, 0.1) is 28.6 Å². The van der Waals surface area contributed by atoms with Crippen LogP contribution in [0.2, 0.25) is 0 Å². The summed E-state index contributed by atoms with van der Waals surface area (Å²) in [5, 5.41) is 34.5. The molecule has 0 bridgehead atoms. The number of hydrogen-bond acceptors (Lipinski definition) is 8. The number of ketones is 1. The number of rotatable bonds is 6. The van der Waals surface area contributed by atoms with Gasteiger partial charge in [0.15, 0.2) is 12.4 Å². The van der Waals surface area contributed by atoms with Gasteiger partial charge in [-0.15, -0.1) is 0 Å². The number of phenolic OH excluding ortho intramolecular Hbond substituents is 1. The highest BCUT2D eigenvalue weighted by Crippen LogP contribution is 2.33. The predicted molar refractivity (Wildman–Crippen MR) is 102 cm³/mol. The molecule has 0 aliphatic heterocycles. The average molecular weight is 374 g/mol. The van der Waals surface area contributed by atoms with Crippen LogP contribution in [0.15, 0.2) is 23.5 Å². The number of anilines is 1. The molecule has 146 valence electrons. The largest absolute Gasteiger partial charge is 0.505 e. The van der Waals surface area contributed by atoms with Crippen LogP contribution in [0.25, 0.3) is 0 Å². The summed E-state index contributed by atoms with van der Waals surface area (Å²) < 4.78 is 0. The molecule has 0 aromatic heterocycles. The van der Waals surface area contributed by atoms with Crippen LogP contribution in [0.4, 0.5) is 5.69 Å².